The van der Waals surface area contributed by atoms with E-state index >= 15 is 0 Å². The van der Waals surface area contributed by atoms with Gasteiger partial charge in [0, 0.05) is 19.6 Å². The molecule has 244 valence electrons. The van der Waals surface area contributed by atoms with Gasteiger partial charge in [-0.1, -0.05) is 62.4 Å². The van der Waals surface area contributed by atoms with Crippen molar-refractivity contribution in [2.75, 3.05) is 52.6 Å². The normalized spacial score (nSPS) is 14.6. The van der Waals surface area contributed by atoms with E-state index in [0.717, 1.165) is 18.7 Å². The largest absolute Gasteiger partial charge is 0.388 e. The monoisotopic (exact) mass is 624 g/mol. The third-order valence-electron chi connectivity index (χ3n) is 7.07. The first-order valence-electron chi connectivity index (χ1n) is 15.3. The van der Waals surface area contributed by atoms with Gasteiger partial charge in [-0.2, -0.15) is 0 Å². The molecule has 0 aromatic heterocycles. The van der Waals surface area contributed by atoms with Crippen molar-refractivity contribution in [1.82, 2.24) is 20.9 Å². The highest BCUT2D eigenvalue weighted by Crippen LogP contribution is 2.09. The first kappa shape index (κ1) is 35.4. The fourth-order valence-electron chi connectivity index (χ4n) is 4.67. The van der Waals surface area contributed by atoms with E-state index in [4.69, 9.17) is 14.2 Å². The number of rotatable bonds is 17. The lowest BCUT2D eigenvalue weighted by Gasteiger charge is -2.26. The van der Waals surface area contributed by atoms with E-state index in [9.17, 15) is 24.0 Å². The Morgan fingerprint density at radius 3 is 2.20 bits per heavy atom. The summed E-state index contributed by atoms with van der Waals surface area (Å²) in [5, 5.41) is 7.95. The molecule has 45 heavy (non-hydrogen) atoms. The van der Waals surface area contributed by atoms with Crippen molar-refractivity contribution >= 4 is 29.7 Å². The number of esters is 2. The molecule has 2 aromatic carbocycles. The molecular formula is C33H44N4O8. The van der Waals surface area contributed by atoms with Crippen LogP contribution in [0.4, 0.5) is 0 Å². The summed E-state index contributed by atoms with van der Waals surface area (Å²) in [6.07, 6.45) is 1.08. The number of morpholine rings is 1. The van der Waals surface area contributed by atoms with Crippen LogP contribution >= 0.6 is 0 Å². The second-order valence-electron chi connectivity index (χ2n) is 11.2. The summed E-state index contributed by atoms with van der Waals surface area (Å²) in [7, 11) is 0. The Morgan fingerprint density at radius 2 is 1.53 bits per heavy atom. The van der Waals surface area contributed by atoms with Crippen LogP contribution in [0.1, 0.15) is 42.6 Å². The van der Waals surface area contributed by atoms with E-state index in [-0.39, 0.29) is 24.5 Å². The second kappa shape index (κ2) is 19.3. The quantitative estimate of drug-likeness (QED) is 0.135. The Morgan fingerprint density at radius 1 is 0.867 bits per heavy atom. The van der Waals surface area contributed by atoms with Gasteiger partial charge in [-0.25, -0.2) is 9.59 Å². The number of hydrogen-bond donors (Lipinski definition) is 3. The topological polar surface area (TPSA) is 152 Å². The van der Waals surface area contributed by atoms with Crippen LogP contribution < -0.4 is 16.0 Å². The maximum Gasteiger partial charge on any atom is 0.345 e. The molecule has 1 fully saturated rings. The molecule has 1 aliphatic heterocycles. The highest BCUT2D eigenvalue weighted by Gasteiger charge is 2.28. The molecular weight excluding hydrogens is 580 g/mol. The average molecular weight is 625 g/mol. The zero-order chi connectivity index (χ0) is 32.4. The number of nitrogens with zero attached hydrogens (tertiary/aromatic N) is 1. The van der Waals surface area contributed by atoms with E-state index in [1.54, 1.807) is 18.2 Å². The minimum atomic E-state index is -0.990. The fraction of sp³-hybridized carbons (Fsp3) is 0.485. The van der Waals surface area contributed by atoms with Gasteiger partial charge in [0.15, 0.2) is 0 Å². The second-order valence-corrected chi connectivity index (χ2v) is 11.2. The highest BCUT2D eigenvalue weighted by atomic mass is 16.6. The molecule has 12 heteroatoms. The minimum absolute atomic E-state index is 0.0184. The van der Waals surface area contributed by atoms with Gasteiger partial charge in [0.25, 0.3) is 0 Å². The molecule has 2 atom stereocenters. The number of aryl methyl sites for hydroxylation is 1. The molecule has 2 aromatic rings. The average Bonchev–Trinajstić information content (AvgIpc) is 3.04. The van der Waals surface area contributed by atoms with Gasteiger partial charge in [-0.3, -0.25) is 19.3 Å². The first-order chi connectivity index (χ1) is 21.7. The first-order valence-corrected chi connectivity index (χ1v) is 15.3. The maximum absolute atomic E-state index is 13.5. The van der Waals surface area contributed by atoms with Gasteiger partial charge in [-0.05, 0) is 42.9 Å². The van der Waals surface area contributed by atoms with Gasteiger partial charge in [-0.15, -0.1) is 0 Å². The van der Waals surface area contributed by atoms with Gasteiger partial charge in [0.1, 0.15) is 25.2 Å². The van der Waals surface area contributed by atoms with Crippen LogP contribution in [0.5, 0.6) is 0 Å². The molecule has 0 aliphatic carbocycles. The van der Waals surface area contributed by atoms with Crippen LogP contribution in [0, 0.1) is 5.92 Å². The minimum Gasteiger partial charge on any atom is -0.388 e. The van der Waals surface area contributed by atoms with Crippen LogP contribution in [-0.4, -0.2) is 99.3 Å². The van der Waals surface area contributed by atoms with Crippen molar-refractivity contribution in [3.8, 4) is 0 Å². The van der Waals surface area contributed by atoms with Crippen molar-refractivity contribution in [1.29, 1.82) is 0 Å². The van der Waals surface area contributed by atoms with E-state index in [1.807, 2.05) is 44.2 Å². The fourth-order valence-corrected chi connectivity index (χ4v) is 4.67. The Balaban J connectivity index is 1.56. The smallest absolute Gasteiger partial charge is 0.345 e. The van der Waals surface area contributed by atoms with Gasteiger partial charge in [0.2, 0.25) is 17.7 Å². The van der Waals surface area contributed by atoms with Crippen molar-refractivity contribution < 1.29 is 38.2 Å². The molecule has 0 spiro atoms. The Labute approximate surface area is 264 Å². The van der Waals surface area contributed by atoms with E-state index in [0.29, 0.717) is 39.2 Å². The van der Waals surface area contributed by atoms with Crippen molar-refractivity contribution in [3.05, 3.63) is 71.8 Å². The standard InChI is InChI=1S/C33H44N4O8/c1-24(2)21-28(31(40)34-22-30(39)45-33(42)26-11-7-4-8-12-26)36-32(41)27(14-13-25-9-5-3-6-10-25)35-29(38)23-44-20-17-37-15-18-43-19-16-37/h3-12,24,27-28H,13-23H2,1-2H3,(H,34,40)(H,35,38)(H,36,41)/t27-,28?/m0/s1. The summed E-state index contributed by atoms with van der Waals surface area (Å²) in [6.45, 7) is 7.03. The van der Waals surface area contributed by atoms with Crippen molar-refractivity contribution in [2.45, 2.75) is 45.2 Å². The zero-order valence-electron chi connectivity index (χ0n) is 26.0. The van der Waals surface area contributed by atoms with Crippen LogP contribution in [0.15, 0.2) is 60.7 Å². The molecule has 1 heterocycles. The molecule has 3 amide bonds. The Bertz CT molecular complexity index is 1240. The molecule has 0 radical (unpaired) electrons. The van der Waals surface area contributed by atoms with Crippen molar-refractivity contribution in [2.24, 2.45) is 5.92 Å². The summed E-state index contributed by atoms with van der Waals surface area (Å²) in [5.41, 5.74) is 1.19. The number of nitrogens with one attached hydrogen (secondary N) is 3. The maximum atomic E-state index is 13.5. The molecule has 1 unspecified atom stereocenters. The number of amides is 3. The summed E-state index contributed by atoms with van der Waals surface area (Å²) >= 11 is 0. The lowest BCUT2D eigenvalue weighted by molar-refractivity contribution is -0.139. The van der Waals surface area contributed by atoms with Gasteiger partial charge in [0.05, 0.1) is 25.4 Å². The van der Waals surface area contributed by atoms with Crippen LogP contribution in [0.25, 0.3) is 0 Å². The number of benzene rings is 2. The van der Waals surface area contributed by atoms with E-state index < -0.39 is 48.3 Å². The number of ether oxygens (including phenoxy) is 3. The third-order valence-corrected chi connectivity index (χ3v) is 7.07. The summed E-state index contributed by atoms with van der Waals surface area (Å²) in [6, 6.07) is 15.6. The molecule has 1 saturated heterocycles. The lowest BCUT2D eigenvalue weighted by Crippen LogP contribution is -2.55. The Hall–Kier alpha value is -4.13. The number of carbonyl (C=O) groups is 5. The third kappa shape index (κ3) is 13.6. The number of carbonyl (C=O) groups excluding carboxylic acids is 5. The van der Waals surface area contributed by atoms with Crippen LogP contribution in [0.3, 0.4) is 0 Å². The zero-order valence-corrected chi connectivity index (χ0v) is 26.0. The van der Waals surface area contributed by atoms with Crippen LogP contribution in [0.2, 0.25) is 0 Å². The predicted molar refractivity (Wildman–Crippen MR) is 166 cm³/mol. The molecule has 3 rings (SSSR count). The van der Waals surface area contributed by atoms with Crippen LogP contribution in [-0.2, 0) is 39.8 Å². The predicted octanol–water partition coefficient (Wildman–Crippen LogP) is 1.48. The molecule has 0 saturated carbocycles. The van der Waals surface area contributed by atoms with E-state index in [1.165, 1.54) is 12.1 Å². The summed E-state index contributed by atoms with van der Waals surface area (Å²) in [5.74, 6) is -3.33. The lowest BCUT2D eigenvalue weighted by atomic mass is 10.0. The molecule has 12 nitrogen and oxygen atoms in total. The van der Waals surface area contributed by atoms with Crippen molar-refractivity contribution in [3.63, 3.8) is 0 Å². The SMILES string of the molecule is CC(C)CC(NC(=O)[C@H](CCc1ccccc1)NC(=O)COCCN1CCOCC1)C(=O)NCC(=O)OC(=O)c1ccccc1. The van der Waals surface area contributed by atoms with Gasteiger partial charge < -0.3 is 30.2 Å². The number of hydrogen-bond acceptors (Lipinski definition) is 9. The van der Waals surface area contributed by atoms with E-state index in [2.05, 4.69) is 20.9 Å². The Kier molecular flexibility index (Phi) is 15.2. The molecule has 3 N–H and O–H groups in total. The van der Waals surface area contributed by atoms with Gasteiger partial charge >= 0.3 is 11.9 Å². The molecule has 0 bridgehead atoms. The highest BCUT2D eigenvalue weighted by molar-refractivity contribution is 5.98. The molecule has 1 aliphatic rings. The summed E-state index contributed by atoms with van der Waals surface area (Å²) in [4.78, 5) is 65.9. The summed E-state index contributed by atoms with van der Waals surface area (Å²) < 4.78 is 15.7.